The fourth-order valence-electron chi connectivity index (χ4n) is 1.69. The molecule has 68 valence electrons. The second kappa shape index (κ2) is 3.04. The number of allylic oxidation sites excluding steroid dienone is 2. The largest absolute Gasteiger partial charge is 0.299 e. The summed E-state index contributed by atoms with van der Waals surface area (Å²) in [6.07, 6.45) is 4.96. The highest BCUT2D eigenvalue weighted by atomic mass is 16.1. The van der Waals surface area contributed by atoms with E-state index in [1.54, 1.807) is 0 Å². The Morgan fingerprint density at radius 3 is 2.50 bits per heavy atom. The van der Waals surface area contributed by atoms with Crippen LogP contribution in [0.4, 0.5) is 0 Å². The number of ketones is 1. The van der Waals surface area contributed by atoms with Gasteiger partial charge < -0.3 is 0 Å². The van der Waals surface area contributed by atoms with E-state index in [-0.39, 0.29) is 11.3 Å². The molecule has 1 nitrogen and oxygen atoms in total. The summed E-state index contributed by atoms with van der Waals surface area (Å²) in [5.41, 5.74) is 0.0858. The maximum atomic E-state index is 11.6. The maximum absolute atomic E-state index is 11.6. The van der Waals surface area contributed by atoms with E-state index in [1.165, 1.54) is 0 Å². The van der Waals surface area contributed by atoms with Crippen LogP contribution in [0.25, 0.3) is 0 Å². The van der Waals surface area contributed by atoms with Gasteiger partial charge in [-0.1, -0.05) is 39.8 Å². The van der Waals surface area contributed by atoms with Crippen molar-refractivity contribution in [1.29, 1.82) is 0 Å². The van der Waals surface area contributed by atoms with Gasteiger partial charge in [0, 0.05) is 12.3 Å². The van der Waals surface area contributed by atoms with E-state index in [1.807, 2.05) is 0 Å². The molecule has 1 rings (SSSR count). The molecule has 1 aliphatic rings. The number of hydrogen-bond donors (Lipinski definition) is 0. The number of carbonyl (C=O) groups is 1. The molecule has 12 heavy (non-hydrogen) atoms. The van der Waals surface area contributed by atoms with Crippen LogP contribution in [0.2, 0.25) is 0 Å². The van der Waals surface area contributed by atoms with Crippen LogP contribution in [0.5, 0.6) is 0 Å². The predicted molar refractivity (Wildman–Crippen MR) is 50.9 cm³/mol. The Labute approximate surface area is 74.9 Å². The molecule has 0 spiro atoms. The third-order valence-corrected chi connectivity index (χ3v) is 2.47. The quantitative estimate of drug-likeness (QED) is 0.547. The van der Waals surface area contributed by atoms with Crippen LogP contribution in [-0.4, -0.2) is 5.78 Å². The van der Waals surface area contributed by atoms with E-state index in [0.717, 1.165) is 0 Å². The lowest BCUT2D eigenvalue weighted by atomic mass is 9.75. The summed E-state index contributed by atoms with van der Waals surface area (Å²) in [6, 6.07) is 0. The molecule has 1 aliphatic carbocycles. The van der Waals surface area contributed by atoms with Crippen LogP contribution >= 0.6 is 0 Å². The highest BCUT2D eigenvalue weighted by molar-refractivity contribution is 5.84. The minimum atomic E-state index is 0.0858. The SMILES string of the molecule is CC(C)C1C=CC(C)(C)CC1=O. The Kier molecular flexibility index (Phi) is 2.41. The van der Waals surface area contributed by atoms with E-state index in [4.69, 9.17) is 0 Å². The van der Waals surface area contributed by atoms with Crippen molar-refractivity contribution in [3.63, 3.8) is 0 Å². The Balaban J connectivity index is 2.79. The van der Waals surface area contributed by atoms with Crippen molar-refractivity contribution in [2.45, 2.75) is 34.1 Å². The number of rotatable bonds is 1. The van der Waals surface area contributed by atoms with Gasteiger partial charge in [0.25, 0.3) is 0 Å². The summed E-state index contributed by atoms with van der Waals surface area (Å²) in [5.74, 6) is 1.01. The molecule has 0 aromatic carbocycles. The molecule has 0 fully saturated rings. The lowest BCUT2D eigenvalue weighted by molar-refractivity contribution is -0.124. The standard InChI is InChI=1S/C11H18O/c1-8(2)9-5-6-11(3,4)7-10(9)12/h5-6,8-9H,7H2,1-4H3. The molecule has 0 N–H and O–H groups in total. The minimum Gasteiger partial charge on any atom is -0.299 e. The van der Waals surface area contributed by atoms with Gasteiger partial charge in [0.15, 0.2) is 0 Å². The summed E-state index contributed by atoms with van der Waals surface area (Å²) in [7, 11) is 0. The summed E-state index contributed by atoms with van der Waals surface area (Å²) in [4.78, 5) is 11.6. The molecule has 0 saturated heterocycles. The molecule has 0 heterocycles. The third kappa shape index (κ3) is 1.96. The van der Waals surface area contributed by atoms with E-state index in [0.29, 0.717) is 18.1 Å². The summed E-state index contributed by atoms with van der Waals surface area (Å²) in [5, 5.41) is 0. The fourth-order valence-corrected chi connectivity index (χ4v) is 1.69. The highest BCUT2D eigenvalue weighted by Crippen LogP contribution is 2.32. The Morgan fingerprint density at radius 1 is 1.50 bits per heavy atom. The highest BCUT2D eigenvalue weighted by Gasteiger charge is 2.29. The van der Waals surface area contributed by atoms with Crippen molar-refractivity contribution in [3.8, 4) is 0 Å². The van der Waals surface area contributed by atoms with Gasteiger partial charge in [-0.2, -0.15) is 0 Å². The van der Waals surface area contributed by atoms with Gasteiger partial charge in [-0.25, -0.2) is 0 Å². The first-order valence-corrected chi connectivity index (χ1v) is 4.64. The molecular weight excluding hydrogens is 148 g/mol. The first-order valence-electron chi connectivity index (χ1n) is 4.64. The normalized spacial score (nSPS) is 28.1. The predicted octanol–water partition coefficient (Wildman–Crippen LogP) is 2.81. The van der Waals surface area contributed by atoms with Gasteiger partial charge in [-0.15, -0.1) is 0 Å². The maximum Gasteiger partial charge on any atom is 0.140 e. The van der Waals surface area contributed by atoms with Crippen LogP contribution in [0.1, 0.15) is 34.1 Å². The van der Waals surface area contributed by atoms with Gasteiger partial charge >= 0.3 is 0 Å². The van der Waals surface area contributed by atoms with Gasteiger partial charge in [0.1, 0.15) is 5.78 Å². The molecule has 0 radical (unpaired) electrons. The molecule has 0 aliphatic heterocycles. The number of carbonyl (C=O) groups excluding carboxylic acids is 1. The van der Waals surface area contributed by atoms with Gasteiger partial charge in [0.2, 0.25) is 0 Å². The Bertz CT molecular complexity index is 211. The van der Waals surface area contributed by atoms with Crippen LogP contribution in [0.15, 0.2) is 12.2 Å². The van der Waals surface area contributed by atoms with Crippen molar-refractivity contribution in [3.05, 3.63) is 12.2 Å². The topological polar surface area (TPSA) is 17.1 Å². The van der Waals surface area contributed by atoms with Crippen molar-refractivity contribution in [1.82, 2.24) is 0 Å². The molecule has 0 aromatic heterocycles. The van der Waals surface area contributed by atoms with Crippen LogP contribution in [-0.2, 0) is 4.79 Å². The second-order valence-electron chi connectivity index (χ2n) is 4.76. The van der Waals surface area contributed by atoms with Gasteiger partial charge in [-0.05, 0) is 11.3 Å². The molecule has 1 unspecified atom stereocenters. The molecule has 1 heteroatoms. The molecule has 1 atom stereocenters. The first kappa shape index (κ1) is 9.50. The fraction of sp³-hybridized carbons (Fsp3) is 0.727. The zero-order valence-corrected chi connectivity index (χ0v) is 8.42. The summed E-state index contributed by atoms with van der Waals surface area (Å²) < 4.78 is 0. The van der Waals surface area contributed by atoms with E-state index >= 15 is 0 Å². The summed E-state index contributed by atoms with van der Waals surface area (Å²) in [6.45, 7) is 8.42. The third-order valence-electron chi connectivity index (χ3n) is 2.47. The van der Waals surface area contributed by atoms with Crippen molar-refractivity contribution < 1.29 is 4.79 Å². The lowest BCUT2D eigenvalue weighted by Crippen LogP contribution is -2.28. The monoisotopic (exact) mass is 166 g/mol. The average Bonchev–Trinajstić information content (AvgIpc) is 1.83. The molecule has 0 saturated carbocycles. The molecule has 0 amide bonds. The van der Waals surface area contributed by atoms with E-state index in [9.17, 15) is 4.79 Å². The summed E-state index contributed by atoms with van der Waals surface area (Å²) >= 11 is 0. The van der Waals surface area contributed by atoms with Crippen molar-refractivity contribution in [2.24, 2.45) is 17.3 Å². The number of Topliss-reactive ketones (excluding diaryl/α,β-unsaturated/α-hetero) is 1. The minimum absolute atomic E-state index is 0.0858. The van der Waals surface area contributed by atoms with Crippen LogP contribution in [0.3, 0.4) is 0 Å². The zero-order chi connectivity index (χ0) is 9.35. The zero-order valence-electron chi connectivity index (χ0n) is 8.42. The molecular formula is C11H18O. The van der Waals surface area contributed by atoms with Crippen LogP contribution in [0, 0.1) is 17.3 Å². The van der Waals surface area contributed by atoms with Crippen molar-refractivity contribution >= 4 is 5.78 Å². The van der Waals surface area contributed by atoms with Crippen LogP contribution < -0.4 is 0 Å². The second-order valence-corrected chi connectivity index (χ2v) is 4.76. The lowest BCUT2D eigenvalue weighted by Gasteiger charge is -2.29. The first-order chi connectivity index (χ1) is 5.42. The average molecular weight is 166 g/mol. The molecule has 0 bridgehead atoms. The smallest absolute Gasteiger partial charge is 0.140 e. The van der Waals surface area contributed by atoms with Gasteiger partial charge in [-0.3, -0.25) is 4.79 Å². The molecule has 0 aromatic rings. The van der Waals surface area contributed by atoms with E-state index < -0.39 is 0 Å². The van der Waals surface area contributed by atoms with Gasteiger partial charge in [0.05, 0.1) is 0 Å². The number of hydrogen-bond acceptors (Lipinski definition) is 1. The van der Waals surface area contributed by atoms with Crippen molar-refractivity contribution in [2.75, 3.05) is 0 Å². The van der Waals surface area contributed by atoms with E-state index in [2.05, 4.69) is 39.8 Å². The Morgan fingerprint density at radius 2 is 2.08 bits per heavy atom. The Hall–Kier alpha value is -0.590.